The Kier molecular flexibility index (Phi) is 22.2. The number of cyclic esters (lactones) is 1. The number of aliphatic hydroxyl groups excluding tert-OH is 1. The summed E-state index contributed by atoms with van der Waals surface area (Å²) in [6.45, 7) is 5.55. The summed E-state index contributed by atoms with van der Waals surface area (Å²) in [5.41, 5.74) is 15.0. The first-order valence-corrected chi connectivity index (χ1v) is 22.2. The number of phenols is 1. The highest BCUT2D eigenvalue weighted by Crippen LogP contribution is 2.42. The maximum absolute atomic E-state index is 14.3. The standard InChI is InChI=1S/C43H66N10O14/c1-24(14-16-27-36(57)34-28(23-67-42(34)62)25(2)37(27)65-4)15-17-33(56)50-35(26(3)54)39(59)48-29(11-6-8-20-46-32(55)18-19-44)40(60)52-22-10-13-31(52)38(58)49-30(41(61)66-5)12-7-9-21-47-43(45)51-53(63)64/h14,26,29-31,35,54,57H,6-13,15-23,44H2,1-5H3,(H,46,55)(H,48,59)(H,49,58)(H,50,56)(H3,45,47,51)/b24-14+. The molecule has 0 spiro atoms. The highest BCUT2D eigenvalue weighted by atomic mass is 16.7. The third-order valence-corrected chi connectivity index (χ3v) is 11.4. The van der Waals surface area contributed by atoms with Crippen LogP contribution >= 0.6 is 0 Å². The molecular formula is C43H66N10O14. The van der Waals surface area contributed by atoms with E-state index in [2.05, 4.69) is 26.3 Å². The molecule has 0 aliphatic carbocycles. The molecule has 67 heavy (non-hydrogen) atoms. The van der Waals surface area contributed by atoms with Gasteiger partial charge in [0, 0.05) is 50.1 Å². The van der Waals surface area contributed by atoms with Gasteiger partial charge in [-0.1, -0.05) is 17.1 Å². The summed E-state index contributed by atoms with van der Waals surface area (Å²) in [5.74, 6) is -4.50. The number of aromatic hydroxyl groups is 1. The van der Waals surface area contributed by atoms with E-state index in [4.69, 9.17) is 25.7 Å². The Balaban J connectivity index is 1.71. The number of aliphatic hydroxyl groups is 1. The van der Waals surface area contributed by atoms with E-state index in [0.717, 1.165) is 12.7 Å². The molecular weight excluding hydrogens is 881 g/mol. The fraction of sp³-hybridized carbons (Fsp3) is 0.628. The van der Waals surface area contributed by atoms with Crippen LogP contribution in [-0.2, 0) is 51.3 Å². The number of benzene rings is 1. The number of nitrogens with zero attached hydrogens (tertiary/aromatic N) is 3. The zero-order valence-corrected chi connectivity index (χ0v) is 38.8. The van der Waals surface area contributed by atoms with Crippen LogP contribution in [0.15, 0.2) is 16.6 Å². The van der Waals surface area contributed by atoms with Gasteiger partial charge in [-0.2, -0.15) is 0 Å². The fourth-order valence-electron chi connectivity index (χ4n) is 7.76. The highest BCUT2D eigenvalue weighted by molar-refractivity contribution is 5.98. The fourth-order valence-corrected chi connectivity index (χ4v) is 7.76. The molecule has 372 valence electrons. The number of fused-ring (bicyclic) bond motifs is 1. The van der Waals surface area contributed by atoms with Crippen molar-refractivity contribution >= 4 is 47.4 Å². The van der Waals surface area contributed by atoms with Gasteiger partial charge in [0.15, 0.2) is 5.03 Å². The van der Waals surface area contributed by atoms with Crippen molar-refractivity contribution < 1.29 is 63.0 Å². The molecule has 3 rings (SSSR count). The van der Waals surface area contributed by atoms with Gasteiger partial charge in [-0.25, -0.2) is 24.7 Å². The lowest BCUT2D eigenvalue weighted by atomic mass is 9.94. The van der Waals surface area contributed by atoms with Crippen LogP contribution in [0.2, 0.25) is 0 Å². The first kappa shape index (κ1) is 54.8. The smallest absolute Gasteiger partial charge is 0.342 e. The van der Waals surface area contributed by atoms with E-state index in [9.17, 15) is 53.9 Å². The van der Waals surface area contributed by atoms with Crippen LogP contribution in [-0.4, -0.2) is 138 Å². The number of carbonyl (C=O) groups excluding carboxylic acids is 7. The van der Waals surface area contributed by atoms with E-state index in [1.807, 2.05) is 0 Å². The lowest BCUT2D eigenvalue weighted by Crippen LogP contribution is -2.59. The number of methoxy groups -OCH3 is 2. The van der Waals surface area contributed by atoms with E-state index in [0.29, 0.717) is 54.5 Å². The van der Waals surface area contributed by atoms with E-state index in [-0.39, 0.29) is 101 Å². The molecule has 1 aromatic carbocycles. The summed E-state index contributed by atoms with van der Waals surface area (Å²) >= 11 is 0. The van der Waals surface area contributed by atoms with Crippen molar-refractivity contribution in [1.29, 1.82) is 0 Å². The minimum Gasteiger partial charge on any atom is -0.507 e. The summed E-state index contributed by atoms with van der Waals surface area (Å²) in [7, 11) is 2.61. The molecule has 1 aromatic rings. The Labute approximate surface area is 388 Å². The number of phenolic OH excluding ortho intramolecular Hbond substituents is 1. The van der Waals surface area contributed by atoms with Crippen LogP contribution in [0.1, 0.15) is 112 Å². The molecule has 1 saturated heterocycles. The van der Waals surface area contributed by atoms with E-state index in [1.54, 1.807) is 25.3 Å². The van der Waals surface area contributed by atoms with Gasteiger partial charge in [0.05, 0.1) is 20.3 Å². The molecule has 11 N–H and O–H groups in total. The Morgan fingerprint density at radius 3 is 2.39 bits per heavy atom. The van der Waals surface area contributed by atoms with Gasteiger partial charge in [-0.15, -0.1) is 0 Å². The first-order valence-electron chi connectivity index (χ1n) is 22.2. The number of nitrogens with two attached hydrogens (primary N) is 2. The van der Waals surface area contributed by atoms with E-state index < -0.39 is 70.9 Å². The van der Waals surface area contributed by atoms with Crippen LogP contribution < -0.4 is 42.9 Å². The molecule has 2 aliphatic rings. The Hall–Kier alpha value is -6.56. The van der Waals surface area contributed by atoms with Crippen molar-refractivity contribution in [3.8, 4) is 11.5 Å². The summed E-state index contributed by atoms with van der Waals surface area (Å²) < 4.78 is 15.6. The van der Waals surface area contributed by atoms with Crippen molar-refractivity contribution in [2.45, 2.75) is 135 Å². The number of ether oxygens (including phenoxy) is 3. The summed E-state index contributed by atoms with van der Waals surface area (Å²) in [6, 6.07) is -4.83. The molecule has 24 heteroatoms. The van der Waals surface area contributed by atoms with Gasteiger partial charge >= 0.3 is 11.9 Å². The Morgan fingerprint density at radius 2 is 1.73 bits per heavy atom. The van der Waals surface area contributed by atoms with Gasteiger partial charge in [-0.05, 0) is 90.5 Å². The molecule has 2 heterocycles. The number of rotatable bonds is 27. The molecule has 24 nitrogen and oxygen atoms in total. The summed E-state index contributed by atoms with van der Waals surface area (Å²) in [5, 5.41) is 41.9. The van der Waals surface area contributed by atoms with Crippen molar-refractivity contribution in [2.75, 3.05) is 40.4 Å². The lowest BCUT2D eigenvalue weighted by molar-refractivity contribution is -0.525. The molecule has 5 unspecified atom stereocenters. The first-order chi connectivity index (χ1) is 31.8. The van der Waals surface area contributed by atoms with Crippen LogP contribution in [0, 0.1) is 17.0 Å². The van der Waals surface area contributed by atoms with Crippen LogP contribution in [0.5, 0.6) is 11.5 Å². The van der Waals surface area contributed by atoms with Gasteiger partial charge in [-0.3, -0.25) is 24.0 Å². The molecule has 1 fully saturated rings. The van der Waals surface area contributed by atoms with Gasteiger partial charge in [0.2, 0.25) is 29.5 Å². The zero-order valence-electron chi connectivity index (χ0n) is 38.8. The number of esters is 2. The van der Waals surface area contributed by atoms with E-state index >= 15 is 0 Å². The molecule has 0 bridgehead atoms. The summed E-state index contributed by atoms with van der Waals surface area (Å²) in [6.07, 6.45) is 3.11. The average Bonchev–Trinajstić information content (AvgIpc) is 3.94. The monoisotopic (exact) mass is 946 g/mol. The number of hydrogen-bond donors (Lipinski definition) is 9. The minimum atomic E-state index is -1.48. The second kappa shape index (κ2) is 27.2. The quantitative estimate of drug-likeness (QED) is 0.0103. The maximum Gasteiger partial charge on any atom is 0.342 e. The third-order valence-electron chi connectivity index (χ3n) is 11.4. The van der Waals surface area contributed by atoms with Crippen molar-refractivity contribution in [1.82, 2.24) is 31.6 Å². The zero-order chi connectivity index (χ0) is 49.8. The number of hydrogen-bond acceptors (Lipinski definition) is 16. The van der Waals surface area contributed by atoms with Gasteiger partial charge < -0.3 is 62.1 Å². The number of nitro groups is 1. The van der Waals surface area contributed by atoms with Crippen LogP contribution in [0.3, 0.4) is 0 Å². The van der Waals surface area contributed by atoms with E-state index in [1.165, 1.54) is 18.9 Å². The topological polar surface area (TPSA) is 359 Å². The molecule has 0 radical (unpaired) electrons. The van der Waals surface area contributed by atoms with Crippen LogP contribution in [0.4, 0.5) is 0 Å². The molecule has 5 atom stereocenters. The second-order valence-electron chi connectivity index (χ2n) is 16.3. The van der Waals surface area contributed by atoms with Gasteiger partial charge in [0.25, 0.3) is 5.96 Å². The predicted molar refractivity (Wildman–Crippen MR) is 240 cm³/mol. The number of nitrogens with one attached hydrogen (secondary N) is 5. The minimum absolute atomic E-state index is 0.0284. The largest absolute Gasteiger partial charge is 0.507 e. The van der Waals surface area contributed by atoms with Crippen molar-refractivity contribution in [3.63, 3.8) is 0 Å². The normalized spacial score (nSPS) is 16.4. The SMILES string of the molecule is COC(=O)C(CCCCN=C(N)N[N+](=O)[O-])NC(=O)C1CCCN1C(=O)C(CCCCNC(=O)CCN)NC(=O)C(NC(=O)CC/C(C)=C/Cc1c(O)c2c(c(C)c1OC)COC2=O)C(C)O. The number of hydrazine groups is 1. The highest BCUT2D eigenvalue weighted by Gasteiger charge is 2.40. The number of unbranched alkanes of at least 4 members (excludes halogenated alkanes) is 2. The Morgan fingerprint density at radius 1 is 1.03 bits per heavy atom. The Bertz CT molecular complexity index is 2030. The average molecular weight is 947 g/mol. The van der Waals surface area contributed by atoms with Crippen molar-refractivity contribution in [3.05, 3.63) is 44.0 Å². The predicted octanol–water partition coefficient (Wildman–Crippen LogP) is -0.451. The number of likely N-dealkylation sites (tertiary alicyclic amines) is 1. The molecule has 2 aliphatic heterocycles. The number of carbonyl (C=O) groups is 7. The maximum atomic E-state index is 14.3. The third kappa shape index (κ3) is 16.4. The molecule has 5 amide bonds. The number of allylic oxidation sites excluding steroid dienone is 2. The van der Waals surface area contributed by atoms with Crippen molar-refractivity contribution in [2.24, 2.45) is 16.5 Å². The molecule has 0 saturated carbocycles. The second-order valence-corrected chi connectivity index (χ2v) is 16.3. The number of guanidine groups is 1. The number of amides is 5. The number of aliphatic imine (C=N–C) groups is 1. The lowest BCUT2D eigenvalue weighted by Gasteiger charge is -2.31. The summed E-state index contributed by atoms with van der Waals surface area (Å²) in [4.78, 5) is 108. The van der Waals surface area contributed by atoms with Crippen LogP contribution in [0.25, 0.3) is 0 Å². The van der Waals surface area contributed by atoms with Gasteiger partial charge in [0.1, 0.15) is 47.8 Å². The molecule has 0 aromatic heterocycles.